The number of methoxy groups -OCH3 is 1. The van der Waals surface area contributed by atoms with Crippen molar-refractivity contribution in [2.75, 3.05) is 20.2 Å². The molecular weight excluding hydrogens is 254 g/mol. The van der Waals surface area contributed by atoms with Gasteiger partial charge in [-0.05, 0) is 37.6 Å². The molecule has 5 heteroatoms. The van der Waals surface area contributed by atoms with Crippen LogP contribution in [0.4, 0.5) is 0 Å². The van der Waals surface area contributed by atoms with Crippen LogP contribution in [0.3, 0.4) is 0 Å². The van der Waals surface area contributed by atoms with Gasteiger partial charge in [-0.3, -0.25) is 9.59 Å². The fraction of sp³-hybridized carbons (Fsp3) is 0.385. The molecule has 0 heterocycles. The van der Waals surface area contributed by atoms with Crippen LogP contribution in [-0.2, 0) is 9.53 Å². The summed E-state index contributed by atoms with van der Waals surface area (Å²) in [4.78, 5) is 24.8. The Bertz CT molecular complexity index is 439. The standard InChI is InChI=1S/C13H16ClNO3/c1-4-15(8-12(16)18-3)13(17)10-5-9(2)6-11(14)7-10/h5-7H,4,8H2,1-3H3. The van der Waals surface area contributed by atoms with E-state index in [1.807, 2.05) is 6.92 Å². The van der Waals surface area contributed by atoms with E-state index in [1.54, 1.807) is 25.1 Å². The van der Waals surface area contributed by atoms with Crippen molar-refractivity contribution in [1.82, 2.24) is 4.90 Å². The number of hydrogen-bond acceptors (Lipinski definition) is 3. The summed E-state index contributed by atoms with van der Waals surface area (Å²) < 4.78 is 4.56. The normalized spacial score (nSPS) is 10.0. The first-order chi connectivity index (χ1) is 8.47. The molecule has 0 aliphatic rings. The van der Waals surface area contributed by atoms with Crippen LogP contribution in [0.2, 0.25) is 5.02 Å². The molecule has 1 aromatic rings. The summed E-state index contributed by atoms with van der Waals surface area (Å²) in [5.74, 6) is -0.669. The molecule has 0 saturated carbocycles. The Morgan fingerprint density at radius 2 is 2.00 bits per heavy atom. The lowest BCUT2D eigenvalue weighted by atomic mass is 10.1. The molecule has 4 nitrogen and oxygen atoms in total. The minimum absolute atomic E-state index is 0.0581. The lowest BCUT2D eigenvalue weighted by molar-refractivity contribution is -0.141. The third kappa shape index (κ3) is 3.74. The van der Waals surface area contributed by atoms with Gasteiger partial charge in [-0.1, -0.05) is 11.6 Å². The molecule has 0 fully saturated rings. The molecule has 0 aromatic heterocycles. The predicted molar refractivity (Wildman–Crippen MR) is 69.8 cm³/mol. The summed E-state index contributed by atoms with van der Waals surface area (Å²) in [5, 5.41) is 0.507. The number of amides is 1. The fourth-order valence-electron chi connectivity index (χ4n) is 1.59. The van der Waals surface area contributed by atoms with E-state index in [9.17, 15) is 9.59 Å². The number of hydrogen-bond donors (Lipinski definition) is 0. The van der Waals surface area contributed by atoms with E-state index in [2.05, 4.69) is 4.74 Å². The van der Waals surface area contributed by atoms with E-state index in [0.29, 0.717) is 17.1 Å². The Hall–Kier alpha value is -1.55. The molecule has 0 radical (unpaired) electrons. The van der Waals surface area contributed by atoms with Crippen molar-refractivity contribution in [3.63, 3.8) is 0 Å². The number of ether oxygens (including phenoxy) is 1. The zero-order chi connectivity index (χ0) is 13.7. The van der Waals surface area contributed by atoms with Gasteiger partial charge in [0.15, 0.2) is 0 Å². The second kappa shape index (κ2) is 6.40. The van der Waals surface area contributed by atoms with Crippen LogP contribution in [0.1, 0.15) is 22.8 Å². The van der Waals surface area contributed by atoms with Gasteiger partial charge < -0.3 is 9.64 Å². The van der Waals surface area contributed by atoms with Crippen molar-refractivity contribution >= 4 is 23.5 Å². The summed E-state index contributed by atoms with van der Waals surface area (Å²) in [7, 11) is 1.30. The second-order valence-electron chi connectivity index (χ2n) is 3.91. The van der Waals surface area contributed by atoms with E-state index in [4.69, 9.17) is 11.6 Å². The molecule has 18 heavy (non-hydrogen) atoms. The van der Waals surface area contributed by atoms with Crippen molar-refractivity contribution in [1.29, 1.82) is 0 Å². The SMILES string of the molecule is CCN(CC(=O)OC)C(=O)c1cc(C)cc(Cl)c1. The number of nitrogens with zero attached hydrogens (tertiary/aromatic N) is 1. The van der Waals surface area contributed by atoms with E-state index in [0.717, 1.165) is 5.56 Å². The van der Waals surface area contributed by atoms with E-state index >= 15 is 0 Å². The number of halogens is 1. The molecule has 0 spiro atoms. The topological polar surface area (TPSA) is 46.6 Å². The van der Waals surface area contributed by atoms with Gasteiger partial charge in [0, 0.05) is 17.1 Å². The Morgan fingerprint density at radius 3 is 2.50 bits per heavy atom. The van der Waals surface area contributed by atoms with Crippen molar-refractivity contribution in [2.45, 2.75) is 13.8 Å². The van der Waals surface area contributed by atoms with E-state index in [1.165, 1.54) is 12.0 Å². The van der Waals surface area contributed by atoms with Gasteiger partial charge in [0.1, 0.15) is 6.54 Å². The smallest absolute Gasteiger partial charge is 0.325 e. The second-order valence-corrected chi connectivity index (χ2v) is 4.35. The highest BCUT2D eigenvalue weighted by Crippen LogP contribution is 2.16. The molecule has 0 bridgehead atoms. The van der Waals surface area contributed by atoms with Crippen molar-refractivity contribution in [3.05, 3.63) is 34.3 Å². The predicted octanol–water partition coefficient (Wildman–Crippen LogP) is 2.28. The zero-order valence-corrected chi connectivity index (χ0v) is 11.5. The minimum atomic E-state index is -0.441. The summed E-state index contributed by atoms with van der Waals surface area (Å²) in [6, 6.07) is 5.11. The van der Waals surface area contributed by atoms with Crippen molar-refractivity contribution in [2.24, 2.45) is 0 Å². The first-order valence-electron chi connectivity index (χ1n) is 5.61. The quantitative estimate of drug-likeness (QED) is 0.788. The third-order valence-corrected chi connectivity index (χ3v) is 2.72. The van der Waals surface area contributed by atoms with Crippen molar-refractivity contribution < 1.29 is 14.3 Å². The Kier molecular flexibility index (Phi) is 5.16. The molecule has 0 unspecified atom stereocenters. The number of carbonyl (C=O) groups excluding carboxylic acids is 2. The number of aryl methyl sites for hydroxylation is 1. The van der Waals surface area contributed by atoms with Gasteiger partial charge in [0.05, 0.1) is 7.11 Å². The lowest BCUT2D eigenvalue weighted by Crippen LogP contribution is -2.36. The molecule has 1 rings (SSSR count). The van der Waals surface area contributed by atoms with Crippen LogP contribution in [-0.4, -0.2) is 37.0 Å². The number of carbonyl (C=O) groups is 2. The summed E-state index contributed by atoms with van der Waals surface area (Å²) >= 11 is 5.91. The first kappa shape index (κ1) is 14.5. The van der Waals surface area contributed by atoms with Gasteiger partial charge in [-0.15, -0.1) is 0 Å². The fourth-order valence-corrected chi connectivity index (χ4v) is 1.88. The van der Waals surface area contributed by atoms with Crippen LogP contribution < -0.4 is 0 Å². The summed E-state index contributed by atoms with van der Waals surface area (Å²) in [6.07, 6.45) is 0. The molecule has 0 aliphatic heterocycles. The largest absolute Gasteiger partial charge is 0.468 e. The third-order valence-electron chi connectivity index (χ3n) is 2.51. The average molecular weight is 270 g/mol. The van der Waals surface area contributed by atoms with Crippen LogP contribution in [0.15, 0.2) is 18.2 Å². The van der Waals surface area contributed by atoms with Crippen LogP contribution in [0.5, 0.6) is 0 Å². The summed E-state index contributed by atoms with van der Waals surface area (Å²) in [6.45, 7) is 4.04. The molecule has 98 valence electrons. The number of esters is 1. The van der Waals surface area contributed by atoms with Crippen molar-refractivity contribution in [3.8, 4) is 0 Å². The van der Waals surface area contributed by atoms with Gasteiger partial charge in [0.2, 0.25) is 0 Å². The van der Waals surface area contributed by atoms with Gasteiger partial charge >= 0.3 is 5.97 Å². The van der Waals surface area contributed by atoms with E-state index < -0.39 is 5.97 Å². The maximum Gasteiger partial charge on any atom is 0.325 e. The minimum Gasteiger partial charge on any atom is -0.468 e. The molecule has 0 N–H and O–H groups in total. The summed E-state index contributed by atoms with van der Waals surface area (Å²) in [5.41, 5.74) is 1.38. The highest BCUT2D eigenvalue weighted by Gasteiger charge is 2.18. The van der Waals surface area contributed by atoms with Gasteiger partial charge in [0.25, 0.3) is 5.91 Å². The Balaban J connectivity index is 2.92. The van der Waals surface area contributed by atoms with Crippen LogP contribution in [0, 0.1) is 6.92 Å². The zero-order valence-electron chi connectivity index (χ0n) is 10.7. The molecular formula is C13H16ClNO3. The molecule has 0 saturated heterocycles. The number of benzene rings is 1. The van der Waals surface area contributed by atoms with Gasteiger partial charge in [-0.2, -0.15) is 0 Å². The number of rotatable bonds is 4. The lowest BCUT2D eigenvalue weighted by Gasteiger charge is -2.19. The molecule has 0 atom stereocenters. The highest BCUT2D eigenvalue weighted by molar-refractivity contribution is 6.31. The average Bonchev–Trinajstić information content (AvgIpc) is 2.33. The number of likely N-dealkylation sites (N-methyl/N-ethyl adjacent to an activating group) is 1. The van der Waals surface area contributed by atoms with E-state index in [-0.39, 0.29) is 12.5 Å². The Labute approximate surface area is 111 Å². The molecule has 1 amide bonds. The van der Waals surface area contributed by atoms with Gasteiger partial charge in [-0.25, -0.2) is 0 Å². The molecule has 1 aromatic carbocycles. The maximum atomic E-state index is 12.2. The monoisotopic (exact) mass is 269 g/mol. The van der Waals surface area contributed by atoms with Crippen LogP contribution >= 0.6 is 11.6 Å². The Morgan fingerprint density at radius 1 is 1.33 bits per heavy atom. The van der Waals surface area contributed by atoms with Crippen LogP contribution in [0.25, 0.3) is 0 Å². The molecule has 0 aliphatic carbocycles. The first-order valence-corrected chi connectivity index (χ1v) is 5.99. The maximum absolute atomic E-state index is 12.2. The highest BCUT2D eigenvalue weighted by atomic mass is 35.5.